The third kappa shape index (κ3) is 2.77. The van der Waals surface area contributed by atoms with Gasteiger partial charge in [-0.25, -0.2) is 0 Å². The Morgan fingerprint density at radius 2 is 1.04 bits per heavy atom. The highest BCUT2D eigenvalue weighted by Crippen LogP contribution is 2.40. The van der Waals surface area contributed by atoms with Crippen LogP contribution in [0.3, 0.4) is 0 Å². The third-order valence-corrected chi connectivity index (χ3v) is 4.70. The van der Waals surface area contributed by atoms with Crippen LogP contribution in [0.5, 0.6) is 23.0 Å². The molecule has 126 valence electrons. The standard InChI is InChI=1S/C20H16B2O4/c1-2-8-15(9-3-1)16(22-25-19-12-6-7-13-20(19)26-22)14-21-23-17-10-4-5-11-18(17)24-21/h1-13,16H,14H2. The van der Waals surface area contributed by atoms with Crippen molar-refractivity contribution in [2.24, 2.45) is 0 Å². The number of rotatable bonds is 4. The molecule has 0 saturated carbocycles. The second kappa shape index (κ2) is 6.37. The molecule has 1 unspecified atom stereocenters. The number of benzene rings is 3. The molecule has 4 nitrogen and oxygen atoms in total. The SMILES string of the molecule is c1ccc(C(CB2Oc3ccccc3O2)B2Oc3ccccc3O2)cc1. The molecule has 5 rings (SSSR count). The van der Waals surface area contributed by atoms with E-state index < -0.39 is 7.12 Å². The molecule has 6 heteroatoms. The Balaban J connectivity index is 1.40. The number of hydrogen-bond donors (Lipinski definition) is 0. The van der Waals surface area contributed by atoms with Crippen molar-refractivity contribution >= 4 is 14.2 Å². The average Bonchev–Trinajstić information content (AvgIpc) is 3.30. The van der Waals surface area contributed by atoms with Crippen molar-refractivity contribution in [1.82, 2.24) is 0 Å². The summed E-state index contributed by atoms with van der Waals surface area (Å²) in [6.07, 6.45) is 0.622. The summed E-state index contributed by atoms with van der Waals surface area (Å²) in [6, 6.07) is 25.7. The highest BCUT2D eigenvalue weighted by molar-refractivity contribution is 6.55. The fraction of sp³-hybridized carbons (Fsp3) is 0.100. The van der Waals surface area contributed by atoms with Crippen LogP contribution in [0.25, 0.3) is 0 Å². The smallest absolute Gasteiger partial charge is 0.523 e. The van der Waals surface area contributed by atoms with E-state index in [1.807, 2.05) is 66.7 Å². The van der Waals surface area contributed by atoms with E-state index in [1.165, 1.54) is 0 Å². The van der Waals surface area contributed by atoms with Gasteiger partial charge in [0.15, 0.2) is 0 Å². The topological polar surface area (TPSA) is 36.9 Å². The van der Waals surface area contributed by atoms with Crippen LogP contribution in [0.4, 0.5) is 0 Å². The molecular weight excluding hydrogens is 326 g/mol. The quantitative estimate of drug-likeness (QED) is 0.665. The summed E-state index contributed by atoms with van der Waals surface area (Å²) in [4.78, 5) is 0. The first-order valence-corrected chi connectivity index (χ1v) is 8.76. The molecule has 0 amide bonds. The van der Waals surface area contributed by atoms with E-state index in [-0.39, 0.29) is 12.9 Å². The Hall–Kier alpha value is -3.01. The van der Waals surface area contributed by atoms with Crippen molar-refractivity contribution in [3.05, 3.63) is 84.4 Å². The molecule has 0 fully saturated rings. The van der Waals surface area contributed by atoms with Crippen molar-refractivity contribution in [3.63, 3.8) is 0 Å². The molecule has 0 saturated heterocycles. The monoisotopic (exact) mass is 342 g/mol. The summed E-state index contributed by atoms with van der Waals surface area (Å²) in [5.74, 6) is 3.08. The lowest BCUT2D eigenvalue weighted by Crippen LogP contribution is -2.38. The Bertz CT molecular complexity index is 868. The molecule has 0 spiro atoms. The maximum atomic E-state index is 6.08. The first-order chi connectivity index (χ1) is 12.9. The van der Waals surface area contributed by atoms with Crippen LogP contribution in [0, 0.1) is 0 Å². The summed E-state index contributed by atoms with van der Waals surface area (Å²) in [6.45, 7) is 0. The van der Waals surface area contributed by atoms with Gasteiger partial charge in [0.1, 0.15) is 23.0 Å². The second-order valence-electron chi connectivity index (χ2n) is 6.42. The number of fused-ring (bicyclic) bond motifs is 2. The van der Waals surface area contributed by atoms with Crippen molar-refractivity contribution in [1.29, 1.82) is 0 Å². The largest absolute Gasteiger partial charge is 0.602 e. The molecular formula is C20H16B2O4. The predicted molar refractivity (Wildman–Crippen MR) is 101 cm³/mol. The molecule has 3 aromatic carbocycles. The summed E-state index contributed by atoms with van der Waals surface area (Å²) >= 11 is 0. The van der Waals surface area contributed by atoms with Crippen molar-refractivity contribution in [2.45, 2.75) is 12.1 Å². The first-order valence-electron chi connectivity index (χ1n) is 8.76. The van der Waals surface area contributed by atoms with Gasteiger partial charge in [-0.15, -0.1) is 0 Å². The zero-order valence-corrected chi connectivity index (χ0v) is 14.1. The zero-order valence-electron chi connectivity index (χ0n) is 14.1. The highest BCUT2D eigenvalue weighted by Gasteiger charge is 2.46. The predicted octanol–water partition coefficient (Wildman–Crippen LogP) is 4.23. The molecule has 0 bridgehead atoms. The summed E-state index contributed by atoms with van der Waals surface area (Å²) < 4.78 is 24.1. The van der Waals surface area contributed by atoms with Crippen LogP contribution >= 0.6 is 0 Å². The summed E-state index contributed by atoms with van der Waals surface area (Å²) in [7, 11) is -0.778. The van der Waals surface area contributed by atoms with Crippen molar-refractivity contribution in [2.75, 3.05) is 0 Å². The molecule has 2 aliphatic heterocycles. The maximum absolute atomic E-state index is 6.08. The van der Waals surface area contributed by atoms with Crippen molar-refractivity contribution < 1.29 is 18.6 Å². The van der Waals surface area contributed by atoms with Gasteiger partial charge in [0.05, 0.1) is 0 Å². The van der Waals surface area contributed by atoms with Gasteiger partial charge in [-0.3, -0.25) is 0 Å². The molecule has 2 heterocycles. The summed E-state index contributed by atoms with van der Waals surface area (Å²) in [5, 5.41) is 0. The van der Waals surface area contributed by atoms with E-state index >= 15 is 0 Å². The van der Waals surface area contributed by atoms with Gasteiger partial charge in [0.2, 0.25) is 0 Å². The van der Waals surface area contributed by atoms with Crippen LogP contribution in [-0.4, -0.2) is 14.2 Å². The number of hydrogen-bond acceptors (Lipinski definition) is 4. The average molecular weight is 342 g/mol. The number of para-hydroxylation sites is 4. The molecule has 2 aliphatic rings. The lowest BCUT2D eigenvalue weighted by molar-refractivity contribution is 0.459. The molecule has 0 aromatic heterocycles. The minimum Gasteiger partial charge on any atom is -0.523 e. The van der Waals surface area contributed by atoms with Gasteiger partial charge in [0.25, 0.3) is 0 Å². The zero-order chi connectivity index (χ0) is 17.3. The molecule has 26 heavy (non-hydrogen) atoms. The minimum absolute atomic E-state index is 0.0251. The van der Waals surface area contributed by atoms with Gasteiger partial charge < -0.3 is 18.6 Å². The van der Waals surface area contributed by atoms with E-state index in [9.17, 15) is 0 Å². The van der Waals surface area contributed by atoms with Crippen molar-refractivity contribution in [3.8, 4) is 23.0 Å². The lowest BCUT2D eigenvalue weighted by atomic mass is 9.58. The molecule has 3 aromatic rings. The van der Waals surface area contributed by atoms with Gasteiger partial charge in [-0.05, 0) is 29.8 Å². The molecule has 0 radical (unpaired) electrons. The Morgan fingerprint density at radius 1 is 0.577 bits per heavy atom. The van der Waals surface area contributed by atoms with Gasteiger partial charge >= 0.3 is 14.2 Å². The van der Waals surface area contributed by atoms with Gasteiger partial charge in [-0.2, -0.15) is 0 Å². The normalized spacial score (nSPS) is 15.2. The Kier molecular flexibility index (Phi) is 3.74. The fourth-order valence-corrected chi connectivity index (χ4v) is 3.44. The molecule has 0 aliphatic carbocycles. The van der Waals surface area contributed by atoms with Crippen LogP contribution in [0.1, 0.15) is 11.4 Å². The van der Waals surface area contributed by atoms with E-state index in [0.717, 1.165) is 28.6 Å². The van der Waals surface area contributed by atoms with Crippen LogP contribution in [0.2, 0.25) is 6.32 Å². The third-order valence-electron chi connectivity index (χ3n) is 4.70. The Labute approximate surface area is 153 Å². The van der Waals surface area contributed by atoms with E-state index in [1.54, 1.807) is 0 Å². The van der Waals surface area contributed by atoms with E-state index in [0.29, 0.717) is 6.32 Å². The summed E-state index contributed by atoms with van der Waals surface area (Å²) in [5.41, 5.74) is 1.13. The maximum Gasteiger partial charge on any atom is 0.602 e. The molecule has 0 N–H and O–H groups in total. The second-order valence-corrected chi connectivity index (χ2v) is 6.42. The van der Waals surface area contributed by atoms with E-state index in [2.05, 4.69) is 12.1 Å². The van der Waals surface area contributed by atoms with E-state index in [4.69, 9.17) is 18.6 Å². The highest BCUT2D eigenvalue weighted by atomic mass is 16.6. The van der Waals surface area contributed by atoms with Gasteiger partial charge in [0, 0.05) is 12.1 Å². The van der Waals surface area contributed by atoms with Crippen LogP contribution < -0.4 is 18.6 Å². The molecule has 1 atom stereocenters. The Morgan fingerprint density at radius 3 is 1.58 bits per heavy atom. The fourth-order valence-electron chi connectivity index (χ4n) is 3.44. The lowest BCUT2D eigenvalue weighted by Gasteiger charge is -2.19. The first kappa shape index (κ1) is 15.3. The van der Waals surface area contributed by atoms with Gasteiger partial charge in [-0.1, -0.05) is 54.6 Å². The minimum atomic E-state index is -0.411. The van der Waals surface area contributed by atoms with Crippen LogP contribution in [0.15, 0.2) is 78.9 Å². The van der Waals surface area contributed by atoms with Crippen LogP contribution in [-0.2, 0) is 0 Å².